The van der Waals surface area contributed by atoms with Crippen molar-refractivity contribution in [1.82, 2.24) is 9.97 Å². The second-order valence-corrected chi connectivity index (χ2v) is 5.52. The van der Waals surface area contributed by atoms with E-state index in [1.165, 1.54) is 0 Å². The van der Waals surface area contributed by atoms with Gasteiger partial charge in [0.05, 0.1) is 6.07 Å². The summed E-state index contributed by atoms with van der Waals surface area (Å²) in [5.41, 5.74) is 0.952. The molecular formula is C16H15ClN4. The highest BCUT2D eigenvalue weighted by atomic mass is 35.5. The van der Waals surface area contributed by atoms with Crippen molar-refractivity contribution in [2.24, 2.45) is 5.92 Å². The maximum Gasteiger partial charge on any atom is 0.163 e. The van der Waals surface area contributed by atoms with Crippen LogP contribution in [0.4, 0.5) is 5.82 Å². The Labute approximate surface area is 129 Å². The van der Waals surface area contributed by atoms with E-state index < -0.39 is 0 Å². The van der Waals surface area contributed by atoms with Gasteiger partial charge in [0.25, 0.3) is 0 Å². The predicted octanol–water partition coefficient (Wildman–Crippen LogP) is 3.54. The molecule has 4 nitrogen and oxygen atoms in total. The molecule has 0 radical (unpaired) electrons. The number of hydrogen-bond acceptors (Lipinski definition) is 4. The van der Waals surface area contributed by atoms with Crippen LogP contribution in [0.25, 0.3) is 11.4 Å². The van der Waals surface area contributed by atoms with E-state index >= 15 is 0 Å². The van der Waals surface area contributed by atoms with Crippen LogP contribution in [0.3, 0.4) is 0 Å². The minimum atomic E-state index is 0.159. The SMILES string of the molecule is N#CC1CCN(c2cc(Cl)nc(-c3ccccc3)n2)CC1. The average molecular weight is 299 g/mol. The highest BCUT2D eigenvalue weighted by molar-refractivity contribution is 6.29. The molecule has 1 aliphatic rings. The standard InChI is InChI=1S/C16H15ClN4/c17-14-10-15(21-8-6-12(11-18)7-9-21)20-16(19-14)13-4-2-1-3-5-13/h1-5,10,12H,6-9H2. The summed E-state index contributed by atoms with van der Waals surface area (Å²) in [4.78, 5) is 11.1. The zero-order valence-corrected chi connectivity index (χ0v) is 12.3. The van der Waals surface area contributed by atoms with Crippen molar-refractivity contribution in [2.75, 3.05) is 18.0 Å². The van der Waals surface area contributed by atoms with Crippen LogP contribution in [0.15, 0.2) is 36.4 Å². The van der Waals surface area contributed by atoms with Crippen molar-refractivity contribution in [3.05, 3.63) is 41.6 Å². The Hall–Kier alpha value is -2.12. The molecule has 1 aromatic carbocycles. The van der Waals surface area contributed by atoms with Gasteiger partial charge in [0.1, 0.15) is 11.0 Å². The molecule has 2 aromatic rings. The lowest BCUT2D eigenvalue weighted by Crippen LogP contribution is -2.33. The van der Waals surface area contributed by atoms with E-state index in [4.69, 9.17) is 16.9 Å². The number of anilines is 1. The molecule has 0 N–H and O–H groups in total. The molecule has 0 saturated carbocycles. The van der Waals surface area contributed by atoms with Gasteiger partial charge in [-0.1, -0.05) is 41.9 Å². The molecular weight excluding hydrogens is 284 g/mol. The zero-order chi connectivity index (χ0) is 14.7. The van der Waals surface area contributed by atoms with Crippen molar-refractivity contribution >= 4 is 17.4 Å². The highest BCUT2D eigenvalue weighted by Crippen LogP contribution is 2.26. The minimum Gasteiger partial charge on any atom is -0.356 e. The number of rotatable bonds is 2. The van der Waals surface area contributed by atoms with Crippen molar-refractivity contribution in [3.8, 4) is 17.5 Å². The fraction of sp³-hybridized carbons (Fsp3) is 0.312. The third-order valence-corrected chi connectivity index (χ3v) is 3.91. The van der Waals surface area contributed by atoms with E-state index in [-0.39, 0.29) is 5.92 Å². The number of nitrogens with zero attached hydrogens (tertiary/aromatic N) is 4. The first-order chi connectivity index (χ1) is 10.3. The van der Waals surface area contributed by atoms with Gasteiger partial charge in [-0.3, -0.25) is 0 Å². The molecule has 0 unspecified atom stereocenters. The van der Waals surface area contributed by atoms with Crippen molar-refractivity contribution < 1.29 is 0 Å². The van der Waals surface area contributed by atoms with Gasteiger partial charge in [0, 0.05) is 30.6 Å². The first-order valence-electron chi connectivity index (χ1n) is 7.01. The van der Waals surface area contributed by atoms with Crippen LogP contribution in [-0.4, -0.2) is 23.1 Å². The molecule has 2 heterocycles. The number of piperidine rings is 1. The van der Waals surface area contributed by atoms with E-state index in [1.807, 2.05) is 30.3 Å². The van der Waals surface area contributed by atoms with Gasteiger partial charge in [-0.25, -0.2) is 9.97 Å². The normalized spacial score (nSPS) is 15.7. The molecule has 0 bridgehead atoms. The van der Waals surface area contributed by atoms with Crippen LogP contribution < -0.4 is 4.90 Å². The van der Waals surface area contributed by atoms with Crippen molar-refractivity contribution in [3.63, 3.8) is 0 Å². The Balaban J connectivity index is 1.87. The summed E-state index contributed by atoms with van der Waals surface area (Å²) < 4.78 is 0. The predicted molar refractivity (Wildman–Crippen MR) is 83.0 cm³/mol. The maximum atomic E-state index is 8.97. The van der Waals surface area contributed by atoms with Crippen LogP contribution in [0.2, 0.25) is 5.15 Å². The van der Waals surface area contributed by atoms with Crippen LogP contribution >= 0.6 is 11.6 Å². The largest absolute Gasteiger partial charge is 0.356 e. The first-order valence-corrected chi connectivity index (χ1v) is 7.38. The molecule has 1 aliphatic heterocycles. The summed E-state index contributed by atoms with van der Waals surface area (Å²) in [5, 5.41) is 9.42. The molecule has 0 atom stereocenters. The fourth-order valence-electron chi connectivity index (χ4n) is 2.52. The van der Waals surface area contributed by atoms with Crippen LogP contribution in [-0.2, 0) is 0 Å². The Morgan fingerprint density at radius 1 is 1.14 bits per heavy atom. The number of benzene rings is 1. The monoisotopic (exact) mass is 298 g/mol. The van der Waals surface area contributed by atoms with Crippen molar-refractivity contribution in [2.45, 2.75) is 12.8 Å². The van der Waals surface area contributed by atoms with E-state index in [2.05, 4.69) is 20.9 Å². The van der Waals surface area contributed by atoms with Gasteiger partial charge < -0.3 is 4.90 Å². The quantitative estimate of drug-likeness (QED) is 0.796. The van der Waals surface area contributed by atoms with Gasteiger partial charge in [-0.15, -0.1) is 0 Å². The molecule has 1 aromatic heterocycles. The number of halogens is 1. The van der Waals surface area contributed by atoms with Gasteiger partial charge in [-0.2, -0.15) is 5.26 Å². The lowest BCUT2D eigenvalue weighted by atomic mass is 9.99. The molecule has 0 spiro atoms. The molecule has 106 valence electrons. The molecule has 0 amide bonds. The lowest BCUT2D eigenvalue weighted by molar-refractivity contribution is 0.485. The Bertz CT molecular complexity index is 658. The third-order valence-electron chi connectivity index (χ3n) is 3.71. The summed E-state index contributed by atoms with van der Waals surface area (Å²) in [6, 6.07) is 13.9. The summed E-state index contributed by atoms with van der Waals surface area (Å²) >= 11 is 6.14. The number of nitriles is 1. The molecule has 21 heavy (non-hydrogen) atoms. The number of aromatic nitrogens is 2. The van der Waals surface area contributed by atoms with Gasteiger partial charge >= 0.3 is 0 Å². The second kappa shape index (κ2) is 6.11. The minimum absolute atomic E-state index is 0.159. The van der Waals surface area contributed by atoms with E-state index in [0.29, 0.717) is 11.0 Å². The summed E-state index contributed by atoms with van der Waals surface area (Å²) in [6.45, 7) is 1.67. The lowest BCUT2D eigenvalue weighted by Gasteiger charge is -2.30. The Morgan fingerprint density at radius 2 is 1.86 bits per heavy atom. The molecule has 0 aliphatic carbocycles. The average Bonchev–Trinajstić information content (AvgIpc) is 2.55. The second-order valence-electron chi connectivity index (χ2n) is 5.13. The summed E-state index contributed by atoms with van der Waals surface area (Å²) in [6.07, 6.45) is 1.75. The third kappa shape index (κ3) is 3.14. The highest BCUT2D eigenvalue weighted by Gasteiger charge is 2.20. The zero-order valence-electron chi connectivity index (χ0n) is 11.5. The van der Waals surface area contributed by atoms with Crippen LogP contribution in [0.1, 0.15) is 12.8 Å². The van der Waals surface area contributed by atoms with Crippen LogP contribution in [0.5, 0.6) is 0 Å². The smallest absolute Gasteiger partial charge is 0.163 e. The van der Waals surface area contributed by atoms with Gasteiger partial charge in [-0.05, 0) is 12.8 Å². The van der Waals surface area contributed by atoms with E-state index in [1.54, 1.807) is 6.07 Å². The summed E-state index contributed by atoms with van der Waals surface area (Å²) in [5.74, 6) is 1.64. The van der Waals surface area contributed by atoms with Crippen molar-refractivity contribution in [1.29, 1.82) is 5.26 Å². The first kappa shape index (κ1) is 13.8. The Kier molecular flexibility index (Phi) is 4.03. The molecule has 1 saturated heterocycles. The van der Waals surface area contributed by atoms with Crippen LogP contribution in [0, 0.1) is 17.2 Å². The molecule has 3 rings (SSSR count). The fourth-order valence-corrected chi connectivity index (χ4v) is 2.70. The van der Waals surface area contributed by atoms with E-state index in [0.717, 1.165) is 37.3 Å². The number of hydrogen-bond donors (Lipinski definition) is 0. The van der Waals surface area contributed by atoms with Gasteiger partial charge in [0.15, 0.2) is 5.82 Å². The topological polar surface area (TPSA) is 52.8 Å². The Morgan fingerprint density at radius 3 is 2.52 bits per heavy atom. The molecule has 5 heteroatoms. The maximum absolute atomic E-state index is 8.97. The summed E-state index contributed by atoms with van der Waals surface area (Å²) in [7, 11) is 0. The van der Waals surface area contributed by atoms with Gasteiger partial charge in [0.2, 0.25) is 0 Å². The molecule has 1 fully saturated rings. The van der Waals surface area contributed by atoms with E-state index in [9.17, 15) is 0 Å².